The van der Waals surface area contributed by atoms with Crippen LogP contribution in [0.5, 0.6) is 23.0 Å². The van der Waals surface area contributed by atoms with Gasteiger partial charge in [-0.2, -0.15) is 0 Å². The van der Waals surface area contributed by atoms with Crippen LogP contribution in [0.2, 0.25) is 0 Å². The van der Waals surface area contributed by atoms with Crippen molar-refractivity contribution in [3.63, 3.8) is 0 Å². The molecule has 0 saturated heterocycles. The lowest BCUT2D eigenvalue weighted by molar-refractivity contribution is -0.386. The van der Waals surface area contributed by atoms with Crippen molar-refractivity contribution in [3.8, 4) is 23.0 Å². The molecule has 0 fully saturated rings. The third-order valence-electron chi connectivity index (χ3n) is 3.59. The molecule has 0 radical (unpaired) electrons. The minimum atomic E-state index is -0.731. The first kappa shape index (κ1) is 18.8. The lowest BCUT2D eigenvalue weighted by Crippen LogP contribution is -1.97. The van der Waals surface area contributed by atoms with Crippen LogP contribution in [-0.2, 0) is 0 Å². The highest BCUT2D eigenvalue weighted by Crippen LogP contribution is 2.37. The van der Waals surface area contributed by atoms with E-state index in [1.165, 1.54) is 45.6 Å². The highest BCUT2D eigenvalue weighted by molar-refractivity contribution is 6.07. The number of phenols is 1. The Hall–Kier alpha value is -3.55. The van der Waals surface area contributed by atoms with Gasteiger partial charge in [-0.15, -0.1) is 0 Å². The first-order valence-corrected chi connectivity index (χ1v) is 7.41. The van der Waals surface area contributed by atoms with Crippen LogP contribution in [-0.4, -0.2) is 37.1 Å². The molecular weight excluding hydrogens is 342 g/mol. The van der Waals surface area contributed by atoms with Crippen LogP contribution < -0.4 is 14.2 Å². The van der Waals surface area contributed by atoms with Crippen LogP contribution in [0.1, 0.15) is 15.9 Å². The number of nitro benzene ring substituents is 1. The maximum absolute atomic E-state index is 12.3. The van der Waals surface area contributed by atoms with Crippen LogP contribution in [0.15, 0.2) is 36.4 Å². The topological polar surface area (TPSA) is 108 Å². The van der Waals surface area contributed by atoms with E-state index in [4.69, 9.17) is 14.2 Å². The summed E-state index contributed by atoms with van der Waals surface area (Å²) in [6, 6.07) is 7.25. The number of carbonyl (C=O) groups excluding carboxylic acids is 1. The second-order valence-electron chi connectivity index (χ2n) is 5.12. The van der Waals surface area contributed by atoms with E-state index in [1.807, 2.05) is 0 Å². The SMILES string of the molecule is COc1ccc(C(=O)C=Cc2cc(OC)c(O)c([N+](=O)[O-])c2)cc1OC. The summed E-state index contributed by atoms with van der Waals surface area (Å²) >= 11 is 0. The molecule has 0 heterocycles. The summed E-state index contributed by atoms with van der Waals surface area (Å²) in [5, 5.41) is 20.8. The molecule has 0 aromatic heterocycles. The number of hydrogen-bond donors (Lipinski definition) is 1. The number of hydrogen-bond acceptors (Lipinski definition) is 7. The Balaban J connectivity index is 2.33. The van der Waals surface area contributed by atoms with Crippen molar-refractivity contribution in [1.82, 2.24) is 0 Å². The van der Waals surface area contributed by atoms with E-state index in [9.17, 15) is 20.0 Å². The molecule has 2 aromatic carbocycles. The summed E-state index contributed by atoms with van der Waals surface area (Å²) in [6.07, 6.45) is 2.66. The molecule has 1 N–H and O–H groups in total. The summed E-state index contributed by atoms with van der Waals surface area (Å²) in [7, 11) is 4.23. The number of allylic oxidation sites excluding steroid dienone is 1. The summed E-state index contributed by atoms with van der Waals surface area (Å²) < 4.78 is 15.2. The van der Waals surface area contributed by atoms with E-state index >= 15 is 0 Å². The molecule has 0 atom stereocenters. The third-order valence-corrected chi connectivity index (χ3v) is 3.59. The lowest BCUT2D eigenvalue weighted by atomic mass is 10.1. The number of aromatic hydroxyl groups is 1. The summed E-state index contributed by atoms with van der Waals surface area (Å²) in [6.45, 7) is 0. The van der Waals surface area contributed by atoms with Crippen molar-refractivity contribution < 1.29 is 29.0 Å². The predicted molar refractivity (Wildman–Crippen MR) is 94.2 cm³/mol. The number of methoxy groups -OCH3 is 3. The second-order valence-corrected chi connectivity index (χ2v) is 5.12. The third kappa shape index (κ3) is 3.92. The van der Waals surface area contributed by atoms with Gasteiger partial charge in [-0.3, -0.25) is 14.9 Å². The van der Waals surface area contributed by atoms with E-state index in [1.54, 1.807) is 12.1 Å². The molecule has 0 spiro atoms. The summed E-state index contributed by atoms with van der Waals surface area (Å²) in [4.78, 5) is 22.6. The minimum Gasteiger partial charge on any atom is -0.500 e. The Bertz CT molecular complexity index is 874. The summed E-state index contributed by atoms with van der Waals surface area (Å²) in [5.41, 5.74) is 0.182. The number of ketones is 1. The van der Waals surface area contributed by atoms with E-state index in [-0.39, 0.29) is 11.5 Å². The van der Waals surface area contributed by atoms with Gasteiger partial charge < -0.3 is 19.3 Å². The van der Waals surface area contributed by atoms with Crippen molar-refractivity contribution in [2.75, 3.05) is 21.3 Å². The number of carbonyl (C=O) groups is 1. The average molecular weight is 359 g/mol. The monoisotopic (exact) mass is 359 g/mol. The van der Waals surface area contributed by atoms with Crippen molar-refractivity contribution >= 4 is 17.5 Å². The maximum atomic E-state index is 12.3. The Labute approximate surface area is 149 Å². The maximum Gasteiger partial charge on any atom is 0.315 e. The van der Waals surface area contributed by atoms with E-state index in [0.717, 1.165) is 6.07 Å². The Morgan fingerprint density at radius 1 is 1.04 bits per heavy atom. The predicted octanol–water partition coefficient (Wildman–Crippen LogP) is 3.22. The number of benzene rings is 2. The van der Waals surface area contributed by atoms with Gasteiger partial charge in [0.2, 0.25) is 5.75 Å². The van der Waals surface area contributed by atoms with Gasteiger partial charge in [-0.1, -0.05) is 6.08 Å². The van der Waals surface area contributed by atoms with Crippen LogP contribution in [0.4, 0.5) is 5.69 Å². The van der Waals surface area contributed by atoms with E-state index in [0.29, 0.717) is 22.6 Å². The molecular formula is C18H17NO7. The Morgan fingerprint density at radius 3 is 2.27 bits per heavy atom. The quantitative estimate of drug-likeness (QED) is 0.350. The highest BCUT2D eigenvalue weighted by Gasteiger charge is 2.19. The zero-order chi connectivity index (χ0) is 19.3. The number of nitro groups is 1. The molecule has 0 unspecified atom stereocenters. The Morgan fingerprint density at radius 2 is 1.69 bits per heavy atom. The zero-order valence-electron chi connectivity index (χ0n) is 14.4. The standard InChI is InChI=1S/C18H17NO7/c1-24-15-7-5-12(10-16(15)25-2)14(20)6-4-11-8-13(19(22)23)18(21)17(9-11)26-3/h4-10,21H,1-3H3. The van der Waals surface area contributed by atoms with E-state index in [2.05, 4.69) is 0 Å². The average Bonchev–Trinajstić information content (AvgIpc) is 2.65. The molecule has 0 bridgehead atoms. The molecule has 136 valence electrons. The number of ether oxygens (including phenoxy) is 3. The van der Waals surface area contributed by atoms with Crippen LogP contribution in [0.3, 0.4) is 0 Å². The first-order valence-electron chi connectivity index (χ1n) is 7.41. The summed E-state index contributed by atoms with van der Waals surface area (Å²) in [5.74, 6) is -0.0560. The normalized spacial score (nSPS) is 10.6. The fourth-order valence-corrected chi connectivity index (χ4v) is 2.26. The van der Waals surface area contributed by atoms with Crippen LogP contribution in [0, 0.1) is 10.1 Å². The number of phenolic OH excluding ortho intramolecular Hbond substituents is 1. The molecule has 0 aliphatic heterocycles. The molecule has 0 aliphatic carbocycles. The second kappa shape index (κ2) is 8.02. The van der Waals surface area contributed by atoms with Crippen molar-refractivity contribution in [1.29, 1.82) is 0 Å². The molecule has 26 heavy (non-hydrogen) atoms. The van der Waals surface area contributed by atoms with Crippen molar-refractivity contribution in [3.05, 3.63) is 57.6 Å². The van der Waals surface area contributed by atoms with Crippen LogP contribution in [0.25, 0.3) is 6.08 Å². The Kier molecular flexibility index (Phi) is 5.79. The van der Waals surface area contributed by atoms with Gasteiger partial charge in [-0.25, -0.2) is 0 Å². The van der Waals surface area contributed by atoms with Gasteiger partial charge in [0.15, 0.2) is 23.0 Å². The van der Waals surface area contributed by atoms with Crippen LogP contribution >= 0.6 is 0 Å². The zero-order valence-corrected chi connectivity index (χ0v) is 14.4. The van der Waals surface area contributed by atoms with Gasteiger partial charge in [0.05, 0.1) is 26.3 Å². The van der Waals surface area contributed by atoms with E-state index < -0.39 is 16.4 Å². The van der Waals surface area contributed by atoms with Gasteiger partial charge in [0, 0.05) is 11.6 Å². The molecule has 0 saturated carbocycles. The van der Waals surface area contributed by atoms with Crippen molar-refractivity contribution in [2.45, 2.75) is 0 Å². The molecule has 8 nitrogen and oxygen atoms in total. The smallest absolute Gasteiger partial charge is 0.315 e. The van der Waals surface area contributed by atoms with Gasteiger partial charge in [0.1, 0.15) is 0 Å². The fraction of sp³-hybridized carbons (Fsp3) is 0.167. The molecule has 2 aromatic rings. The van der Waals surface area contributed by atoms with Gasteiger partial charge >= 0.3 is 5.69 Å². The minimum absolute atomic E-state index is 0.0579. The molecule has 0 amide bonds. The van der Waals surface area contributed by atoms with Gasteiger partial charge in [0.25, 0.3) is 0 Å². The largest absolute Gasteiger partial charge is 0.500 e. The van der Waals surface area contributed by atoms with Gasteiger partial charge in [-0.05, 0) is 35.9 Å². The molecule has 8 heteroatoms. The first-order chi connectivity index (χ1) is 12.4. The molecule has 2 rings (SSSR count). The van der Waals surface area contributed by atoms with Crippen molar-refractivity contribution in [2.24, 2.45) is 0 Å². The lowest BCUT2D eigenvalue weighted by Gasteiger charge is -2.08. The molecule has 0 aliphatic rings. The highest BCUT2D eigenvalue weighted by atomic mass is 16.6. The number of rotatable bonds is 7. The number of nitrogens with zero attached hydrogens (tertiary/aromatic N) is 1. The fourth-order valence-electron chi connectivity index (χ4n) is 2.26.